The lowest BCUT2D eigenvalue weighted by Crippen LogP contribution is -2.17. The summed E-state index contributed by atoms with van der Waals surface area (Å²) in [6.45, 7) is 1.59. The van der Waals surface area contributed by atoms with Crippen LogP contribution in [0.4, 0.5) is 0 Å². The van der Waals surface area contributed by atoms with Crippen LogP contribution in [0.1, 0.15) is 19.8 Å². The fourth-order valence-corrected chi connectivity index (χ4v) is 1.16. The molecule has 0 aromatic heterocycles. The Balaban J connectivity index is 2.24. The number of carbonyl (C=O) groups excluding carboxylic acids is 1. The van der Waals surface area contributed by atoms with Crippen molar-refractivity contribution in [1.82, 2.24) is 0 Å². The lowest BCUT2D eigenvalue weighted by Gasteiger charge is -2.09. The fourth-order valence-electron chi connectivity index (χ4n) is 1.16. The maximum Gasteiger partial charge on any atom is 0.302 e. The molecule has 0 radical (unpaired) electrons. The van der Waals surface area contributed by atoms with E-state index in [2.05, 4.69) is 10.0 Å². The van der Waals surface area contributed by atoms with Crippen LogP contribution >= 0.6 is 0 Å². The lowest BCUT2D eigenvalue weighted by molar-refractivity contribution is -0.144. The van der Waals surface area contributed by atoms with Crippen LogP contribution in [0.3, 0.4) is 0 Å². The van der Waals surface area contributed by atoms with E-state index in [0.29, 0.717) is 6.42 Å². The van der Waals surface area contributed by atoms with Gasteiger partial charge in [-0.05, 0) is 18.4 Å². The summed E-state index contributed by atoms with van der Waals surface area (Å²) in [5.41, 5.74) is 8.12. The van der Waals surface area contributed by atoms with E-state index in [1.54, 1.807) is 0 Å². The van der Waals surface area contributed by atoms with E-state index in [-0.39, 0.29) is 18.7 Å². The Morgan fingerprint density at radius 2 is 2.54 bits per heavy atom. The maximum atomic E-state index is 10.4. The zero-order chi connectivity index (χ0) is 9.68. The van der Waals surface area contributed by atoms with Gasteiger partial charge in [-0.1, -0.05) is 5.11 Å². The van der Waals surface area contributed by atoms with Crippen LogP contribution in [0.2, 0.25) is 0 Å². The molecule has 1 aliphatic heterocycles. The van der Waals surface area contributed by atoms with Crippen LogP contribution in [0, 0.1) is 0 Å². The van der Waals surface area contributed by atoms with Crippen molar-refractivity contribution >= 4 is 5.97 Å². The molecule has 0 spiro atoms. The maximum absolute atomic E-state index is 10.4. The van der Waals surface area contributed by atoms with Gasteiger partial charge in [-0.15, -0.1) is 0 Å². The molecule has 0 amide bonds. The zero-order valence-electron chi connectivity index (χ0n) is 7.34. The first-order valence-electron chi connectivity index (χ1n) is 4.05. The van der Waals surface area contributed by atoms with Crippen LogP contribution in [0.5, 0.6) is 0 Å². The number of esters is 1. The van der Waals surface area contributed by atoms with Gasteiger partial charge in [-0.2, -0.15) is 0 Å². The molecule has 2 atom stereocenters. The molecule has 0 N–H and O–H groups in total. The number of hydrogen-bond donors (Lipinski definition) is 0. The number of azide groups is 1. The molecule has 0 aromatic rings. The molecule has 1 heterocycles. The van der Waals surface area contributed by atoms with Gasteiger partial charge in [0.15, 0.2) is 0 Å². The molecule has 0 unspecified atom stereocenters. The Hall–Kier alpha value is -1.26. The summed E-state index contributed by atoms with van der Waals surface area (Å²) in [6, 6.07) is 0. The van der Waals surface area contributed by atoms with Gasteiger partial charge in [-0.25, -0.2) is 0 Å². The van der Waals surface area contributed by atoms with E-state index in [9.17, 15) is 4.79 Å². The normalized spacial score (nSPS) is 26.5. The van der Waals surface area contributed by atoms with Crippen molar-refractivity contribution in [2.45, 2.75) is 32.1 Å². The summed E-state index contributed by atoms with van der Waals surface area (Å²) in [5, 5.41) is 3.42. The van der Waals surface area contributed by atoms with Crippen molar-refractivity contribution < 1.29 is 14.3 Å². The Morgan fingerprint density at radius 1 is 1.77 bits per heavy atom. The van der Waals surface area contributed by atoms with E-state index in [0.717, 1.165) is 6.42 Å². The second-order valence-corrected chi connectivity index (χ2v) is 2.80. The number of nitrogens with zero attached hydrogens (tertiary/aromatic N) is 3. The van der Waals surface area contributed by atoms with Gasteiger partial charge in [0, 0.05) is 11.8 Å². The topological polar surface area (TPSA) is 84.3 Å². The summed E-state index contributed by atoms with van der Waals surface area (Å²) in [5.74, 6) is -0.323. The van der Waals surface area contributed by atoms with Gasteiger partial charge in [0.05, 0.1) is 6.10 Å². The number of hydrogen-bond acceptors (Lipinski definition) is 4. The first-order valence-corrected chi connectivity index (χ1v) is 4.05. The standard InChI is InChI=1S/C7H11N3O3/c1-5(11)12-4-6-2-3-7(13-6)9-10-8/h6-7H,2-4H2,1H3/t6-,7+/m0/s1. The minimum absolute atomic E-state index is 0.126. The van der Waals surface area contributed by atoms with Crippen molar-refractivity contribution in [2.24, 2.45) is 5.11 Å². The van der Waals surface area contributed by atoms with Crippen LogP contribution < -0.4 is 0 Å². The molecule has 72 valence electrons. The van der Waals surface area contributed by atoms with Crippen molar-refractivity contribution in [3.05, 3.63) is 10.4 Å². The monoisotopic (exact) mass is 185 g/mol. The molecule has 1 fully saturated rings. The van der Waals surface area contributed by atoms with Gasteiger partial charge < -0.3 is 9.47 Å². The molecule has 6 heteroatoms. The number of ether oxygens (including phenoxy) is 2. The molecule has 0 aromatic carbocycles. The highest BCUT2D eigenvalue weighted by Crippen LogP contribution is 2.20. The van der Waals surface area contributed by atoms with Gasteiger partial charge in [0.1, 0.15) is 12.8 Å². The third-order valence-electron chi connectivity index (χ3n) is 1.74. The van der Waals surface area contributed by atoms with Crippen LogP contribution in [-0.2, 0) is 14.3 Å². The van der Waals surface area contributed by atoms with E-state index >= 15 is 0 Å². The summed E-state index contributed by atoms with van der Waals surface area (Å²) >= 11 is 0. The predicted molar refractivity (Wildman–Crippen MR) is 43.7 cm³/mol. The Labute approximate surface area is 75.4 Å². The van der Waals surface area contributed by atoms with E-state index in [1.807, 2.05) is 0 Å². The van der Waals surface area contributed by atoms with Crippen molar-refractivity contribution in [3.63, 3.8) is 0 Å². The highest BCUT2D eigenvalue weighted by molar-refractivity contribution is 5.65. The van der Waals surface area contributed by atoms with Crippen molar-refractivity contribution in [3.8, 4) is 0 Å². The van der Waals surface area contributed by atoms with Gasteiger partial charge >= 0.3 is 5.97 Å². The molecule has 0 saturated carbocycles. The molecule has 0 aliphatic carbocycles. The molecule has 1 saturated heterocycles. The quantitative estimate of drug-likeness (QED) is 0.288. The van der Waals surface area contributed by atoms with Crippen LogP contribution in [-0.4, -0.2) is 24.9 Å². The molecular weight excluding hydrogens is 174 g/mol. The highest BCUT2D eigenvalue weighted by Gasteiger charge is 2.24. The zero-order valence-corrected chi connectivity index (χ0v) is 7.34. The van der Waals surface area contributed by atoms with Gasteiger partial charge in [-0.3, -0.25) is 4.79 Å². The SMILES string of the molecule is CC(=O)OC[C@@H]1CC[C@H](N=[N+]=[N-])O1. The third-order valence-corrected chi connectivity index (χ3v) is 1.74. The molecule has 6 nitrogen and oxygen atoms in total. The van der Waals surface area contributed by atoms with E-state index in [4.69, 9.17) is 15.0 Å². The first-order chi connectivity index (χ1) is 6.22. The lowest BCUT2D eigenvalue weighted by atomic mass is 10.2. The summed E-state index contributed by atoms with van der Waals surface area (Å²) in [7, 11) is 0. The molecular formula is C7H11N3O3. The highest BCUT2D eigenvalue weighted by atomic mass is 16.6. The Kier molecular flexibility index (Phi) is 3.54. The Morgan fingerprint density at radius 3 is 3.15 bits per heavy atom. The molecule has 0 bridgehead atoms. The average molecular weight is 185 g/mol. The van der Waals surface area contributed by atoms with E-state index in [1.165, 1.54) is 6.92 Å². The third kappa shape index (κ3) is 3.31. The second-order valence-electron chi connectivity index (χ2n) is 2.80. The number of carbonyl (C=O) groups is 1. The largest absolute Gasteiger partial charge is 0.463 e. The molecule has 1 rings (SSSR count). The summed E-state index contributed by atoms with van der Waals surface area (Å²) in [4.78, 5) is 13.1. The van der Waals surface area contributed by atoms with Crippen molar-refractivity contribution in [2.75, 3.05) is 6.61 Å². The molecule has 1 aliphatic rings. The summed E-state index contributed by atoms with van der Waals surface area (Å²) < 4.78 is 10.0. The minimum Gasteiger partial charge on any atom is -0.463 e. The average Bonchev–Trinajstić information content (AvgIpc) is 2.50. The van der Waals surface area contributed by atoms with Gasteiger partial charge in [0.25, 0.3) is 0 Å². The summed E-state index contributed by atoms with van der Waals surface area (Å²) in [6.07, 6.45) is 0.928. The number of rotatable bonds is 3. The fraction of sp³-hybridized carbons (Fsp3) is 0.857. The predicted octanol–water partition coefficient (Wildman–Crippen LogP) is 1.36. The van der Waals surface area contributed by atoms with Crippen LogP contribution in [0.15, 0.2) is 5.11 Å². The van der Waals surface area contributed by atoms with Crippen LogP contribution in [0.25, 0.3) is 10.4 Å². The minimum atomic E-state index is -0.398. The Bertz CT molecular complexity index is 237. The van der Waals surface area contributed by atoms with E-state index < -0.39 is 6.23 Å². The van der Waals surface area contributed by atoms with Crippen molar-refractivity contribution in [1.29, 1.82) is 0 Å². The first kappa shape index (κ1) is 9.83. The van der Waals surface area contributed by atoms with Gasteiger partial charge in [0.2, 0.25) is 0 Å². The second kappa shape index (κ2) is 4.69. The molecule has 13 heavy (non-hydrogen) atoms. The smallest absolute Gasteiger partial charge is 0.302 e.